The number of hydrogen-bond donors (Lipinski definition) is 1. The zero-order valence-corrected chi connectivity index (χ0v) is 13.9. The van der Waals surface area contributed by atoms with Crippen molar-refractivity contribution in [1.29, 1.82) is 0 Å². The molecule has 0 atom stereocenters. The van der Waals surface area contributed by atoms with E-state index in [0.29, 0.717) is 23.9 Å². The molecule has 4 nitrogen and oxygen atoms in total. The number of carbonyl (C=O) groups is 1. The highest BCUT2D eigenvalue weighted by Gasteiger charge is 2.15. The minimum absolute atomic E-state index is 0.0533. The van der Waals surface area contributed by atoms with Crippen LogP contribution >= 0.6 is 11.3 Å². The van der Waals surface area contributed by atoms with Gasteiger partial charge in [-0.05, 0) is 36.4 Å². The lowest BCUT2D eigenvalue weighted by atomic mass is 10.1. The maximum absolute atomic E-state index is 12.2. The summed E-state index contributed by atoms with van der Waals surface area (Å²) in [5, 5.41) is 4.92. The van der Waals surface area contributed by atoms with E-state index in [2.05, 4.69) is 10.3 Å². The molecule has 1 N–H and O–H groups in total. The first-order chi connectivity index (χ1) is 11.1. The van der Waals surface area contributed by atoms with E-state index in [1.54, 1.807) is 11.3 Å². The van der Waals surface area contributed by atoms with Gasteiger partial charge in [0.25, 0.3) is 0 Å². The summed E-state index contributed by atoms with van der Waals surface area (Å²) < 4.78 is 5.66. The Morgan fingerprint density at radius 3 is 2.78 bits per heavy atom. The Hall–Kier alpha value is -2.40. The zero-order chi connectivity index (χ0) is 16.2. The highest BCUT2D eigenvalue weighted by atomic mass is 32.1. The molecule has 0 aliphatic heterocycles. The summed E-state index contributed by atoms with van der Waals surface area (Å²) in [5.41, 5.74) is 2.98. The highest BCUT2D eigenvalue weighted by molar-refractivity contribution is 7.13. The van der Waals surface area contributed by atoms with Gasteiger partial charge < -0.3 is 9.73 Å². The molecule has 3 aromatic rings. The van der Waals surface area contributed by atoms with Gasteiger partial charge in [-0.25, -0.2) is 4.98 Å². The van der Waals surface area contributed by atoms with Crippen LogP contribution in [0.5, 0.6) is 0 Å². The summed E-state index contributed by atoms with van der Waals surface area (Å²) in [6.07, 6.45) is 0.229. The van der Waals surface area contributed by atoms with Gasteiger partial charge in [-0.15, -0.1) is 11.3 Å². The molecule has 23 heavy (non-hydrogen) atoms. The lowest BCUT2D eigenvalue weighted by Crippen LogP contribution is -2.25. The van der Waals surface area contributed by atoms with E-state index < -0.39 is 0 Å². The first-order valence-electron chi connectivity index (χ1n) is 7.45. The van der Waals surface area contributed by atoms with Crippen LogP contribution < -0.4 is 5.32 Å². The Balaban J connectivity index is 1.63. The molecule has 2 heterocycles. The van der Waals surface area contributed by atoms with Crippen molar-refractivity contribution < 1.29 is 9.21 Å². The summed E-state index contributed by atoms with van der Waals surface area (Å²) in [7, 11) is 0. The van der Waals surface area contributed by atoms with E-state index in [1.807, 2.05) is 55.6 Å². The third kappa shape index (κ3) is 3.68. The summed E-state index contributed by atoms with van der Waals surface area (Å²) in [6.45, 7) is 4.41. The van der Waals surface area contributed by atoms with Crippen LogP contribution in [0, 0.1) is 13.8 Å². The van der Waals surface area contributed by atoms with Crippen molar-refractivity contribution in [3.05, 3.63) is 64.4 Å². The van der Waals surface area contributed by atoms with E-state index in [9.17, 15) is 4.79 Å². The predicted molar refractivity (Wildman–Crippen MR) is 91.3 cm³/mol. The van der Waals surface area contributed by atoms with Crippen molar-refractivity contribution in [2.45, 2.75) is 26.8 Å². The van der Waals surface area contributed by atoms with Gasteiger partial charge in [-0.1, -0.05) is 30.3 Å². The molecular formula is C18H18N2O2S. The van der Waals surface area contributed by atoms with Crippen LogP contribution in [0.15, 0.2) is 46.2 Å². The summed E-state index contributed by atoms with van der Waals surface area (Å²) in [5.74, 6) is 1.22. The molecule has 0 spiro atoms. The Kier molecular flexibility index (Phi) is 4.57. The van der Waals surface area contributed by atoms with Crippen molar-refractivity contribution in [3.8, 4) is 10.8 Å². The number of oxazole rings is 1. The second-order valence-corrected chi connectivity index (χ2v) is 6.33. The van der Waals surface area contributed by atoms with E-state index in [4.69, 9.17) is 4.42 Å². The molecule has 0 fully saturated rings. The number of rotatable bonds is 5. The number of aromatic nitrogens is 1. The fraction of sp³-hybridized carbons (Fsp3) is 0.222. The minimum atomic E-state index is -0.0533. The third-order valence-corrected chi connectivity index (χ3v) is 4.55. The van der Waals surface area contributed by atoms with Gasteiger partial charge in [0.2, 0.25) is 11.8 Å². The number of nitrogens with one attached hydrogen (secondary N) is 1. The van der Waals surface area contributed by atoms with Gasteiger partial charge >= 0.3 is 0 Å². The number of aryl methyl sites for hydroxylation is 2. The largest absolute Gasteiger partial charge is 0.440 e. The summed E-state index contributed by atoms with van der Waals surface area (Å²) >= 11 is 1.57. The van der Waals surface area contributed by atoms with Crippen molar-refractivity contribution in [3.63, 3.8) is 0 Å². The predicted octanol–water partition coefficient (Wildman–Crippen LogP) is 3.88. The van der Waals surface area contributed by atoms with Crippen molar-refractivity contribution in [1.82, 2.24) is 10.3 Å². The maximum Gasteiger partial charge on any atom is 0.236 e. The van der Waals surface area contributed by atoms with Crippen molar-refractivity contribution in [2.24, 2.45) is 0 Å². The van der Waals surface area contributed by atoms with Gasteiger partial charge in [0.15, 0.2) is 0 Å². The molecule has 5 heteroatoms. The minimum Gasteiger partial charge on any atom is -0.440 e. The molecule has 1 aromatic carbocycles. The molecule has 0 saturated carbocycles. The van der Waals surface area contributed by atoms with Crippen LogP contribution in [-0.4, -0.2) is 10.9 Å². The topological polar surface area (TPSA) is 55.1 Å². The van der Waals surface area contributed by atoms with Crippen LogP contribution in [0.25, 0.3) is 10.8 Å². The van der Waals surface area contributed by atoms with Crippen LogP contribution in [-0.2, 0) is 17.8 Å². The molecule has 0 bridgehead atoms. The Morgan fingerprint density at radius 2 is 2.04 bits per heavy atom. The van der Waals surface area contributed by atoms with Gasteiger partial charge in [0, 0.05) is 6.54 Å². The lowest BCUT2D eigenvalue weighted by Gasteiger charge is -2.07. The van der Waals surface area contributed by atoms with Gasteiger partial charge in [0.1, 0.15) is 5.76 Å². The molecule has 1 amide bonds. The standard InChI is InChI=1S/C18H18N2O2S/c1-12-6-3-4-7-14(12)11-19-17(21)10-15-13(2)22-18(20-15)16-8-5-9-23-16/h3-9H,10-11H2,1-2H3,(H,19,21). The molecule has 3 rings (SSSR count). The molecule has 0 aliphatic carbocycles. The molecule has 2 aromatic heterocycles. The molecule has 0 aliphatic rings. The zero-order valence-electron chi connectivity index (χ0n) is 13.1. The third-order valence-electron chi connectivity index (χ3n) is 3.69. The first kappa shape index (κ1) is 15.5. The highest BCUT2D eigenvalue weighted by Crippen LogP contribution is 2.26. The number of benzene rings is 1. The first-order valence-corrected chi connectivity index (χ1v) is 8.33. The SMILES string of the molecule is Cc1ccccc1CNC(=O)Cc1nc(-c2cccs2)oc1C. The lowest BCUT2D eigenvalue weighted by molar-refractivity contribution is -0.120. The number of amides is 1. The molecule has 0 unspecified atom stereocenters. The number of nitrogens with zero attached hydrogens (tertiary/aromatic N) is 1. The maximum atomic E-state index is 12.2. The second-order valence-electron chi connectivity index (χ2n) is 5.38. The van der Waals surface area contributed by atoms with Crippen LogP contribution in [0.2, 0.25) is 0 Å². The van der Waals surface area contributed by atoms with Crippen LogP contribution in [0.3, 0.4) is 0 Å². The molecule has 0 saturated heterocycles. The summed E-state index contributed by atoms with van der Waals surface area (Å²) in [4.78, 5) is 17.6. The fourth-order valence-corrected chi connectivity index (χ4v) is 2.96. The number of carbonyl (C=O) groups excluding carboxylic acids is 1. The van der Waals surface area contributed by atoms with Crippen molar-refractivity contribution >= 4 is 17.2 Å². The van der Waals surface area contributed by atoms with Crippen molar-refractivity contribution in [2.75, 3.05) is 0 Å². The molecule has 118 valence electrons. The van der Waals surface area contributed by atoms with Crippen LogP contribution in [0.1, 0.15) is 22.6 Å². The average molecular weight is 326 g/mol. The number of hydrogen-bond acceptors (Lipinski definition) is 4. The number of thiophene rings is 1. The van der Waals surface area contributed by atoms with Gasteiger partial charge in [-0.3, -0.25) is 4.79 Å². The average Bonchev–Trinajstić information content (AvgIpc) is 3.17. The van der Waals surface area contributed by atoms with E-state index in [1.165, 1.54) is 5.56 Å². The second kappa shape index (κ2) is 6.79. The quantitative estimate of drug-likeness (QED) is 0.774. The monoisotopic (exact) mass is 326 g/mol. The normalized spacial score (nSPS) is 10.7. The Morgan fingerprint density at radius 1 is 1.22 bits per heavy atom. The smallest absolute Gasteiger partial charge is 0.236 e. The Labute approximate surface area is 139 Å². The van der Waals surface area contributed by atoms with Crippen LogP contribution in [0.4, 0.5) is 0 Å². The molecular weight excluding hydrogens is 308 g/mol. The Bertz CT molecular complexity index is 806. The molecule has 0 radical (unpaired) electrons. The summed E-state index contributed by atoms with van der Waals surface area (Å²) in [6, 6.07) is 11.9. The van der Waals surface area contributed by atoms with E-state index >= 15 is 0 Å². The van der Waals surface area contributed by atoms with Gasteiger partial charge in [-0.2, -0.15) is 0 Å². The fourth-order valence-electron chi connectivity index (χ4n) is 2.31. The van der Waals surface area contributed by atoms with E-state index in [0.717, 1.165) is 10.4 Å². The van der Waals surface area contributed by atoms with Gasteiger partial charge in [0.05, 0.1) is 17.0 Å². The van der Waals surface area contributed by atoms with E-state index in [-0.39, 0.29) is 12.3 Å².